The summed E-state index contributed by atoms with van der Waals surface area (Å²) in [6.45, 7) is 2.50. The molecule has 2 atom stereocenters. The van der Waals surface area contributed by atoms with Crippen LogP contribution in [0, 0.1) is 5.92 Å². The SMILES string of the molecule is CC12CCCCC(C3CCCCC3)(CCC1)N2. The third-order valence-corrected chi connectivity index (χ3v) is 5.89. The smallest absolute Gasteiger partial charge is 0.0214 e. The number of piperidine rings is 1. The molecule has 3 rings (SSSR count). The van der Waals surface area contributed by atoms with Crippen LogP contribution in [0.5, 0.6) is 0 Å². The molecule has 2 heterocycles. The fourth-order valence-electron chi connectivity index (χ4n) is 5.02. The molecule has 0 radical (unpaired) electrons. The van der Waals surface area contributed by atoms with Gasteiger partial charge < -0.3 is 5.32 Å². The normalized spacial score (nSPS) is 44.3. The van der Waals surface area contributed by atoms with E-state index in [1.54, 1.807) is 0 Å². The monoisotopic (exact) mass is 235 g/mol. The number of fused-ring (bicyclic) bond motifs is 2. The lowest BCUT2D eigenvalue weighted by Crippen LogP contribution is -2.62. The average molecular weight is 235 g/mol. The molecule has 1 heteroatoms. The van der Waals surface area contributed by atoms with Crippen LogP contribution in [0.1, 0.15) is 84.0 Å². The zero-order chi connectivity index (χ0) is 11.8. The predicted molar refractivity (Wildman–Crippen MR) is 73.2 cm³/mol. The molecule has 1 N–H and O–H groups in total. The van der Waals surface area contributed by atoms with Crippen molar-refractivity contribution < 1.29 is 0 Å². The van der Waals surface area contributed by atoms with Gasteiger partial charge in [0.1, 0.15) is 0 Å². The van der Waals surface area contributed by atoms with Crippen molar-refractivity contribution in [1.82, 2.24) is 5.32 Å². The van der Waals surface area contributed by atoms with Gasteiger partial charge in [0, 0.05) is 11.1 Å². The van der Waals surface area contributed by atoms with Gasteiger partial charge in [-0.15, -0.1) is 0 Å². The van der Waals surface area contributed by atoms with Gasteiger partial charge in [-0.2, -0.15) is 0 Å². The van der Waals surface area contributed by atoms with E-state index in [4.69, 9.17) is 0 Å². The van der Waals surface area contributed by atoms with Gasteiger partial charge in [0.2, 0.25) is 0 Å². The van der Waals surface area contributed by atoms with Crippen molar-refractivity contribution in [2.45, 2.75) is 95.1 Å². The highest BCUT2D eigenvalue weighted by Gasteiger charge is 2.46. The molecule has 2 aliphatic heterocycles. The maximum atomic E-state index is 4.17. The molecule has 0 aromatic carbocycles. The molecule has 0 spiro atoms. The van der Waals surface area contributed by atoms with E-state index in [-0.39, 0.29) is 0 Å². The second-order valence-corrected chi connectivity index (χ2v) is 7.24. The van der Waals surface area contributed by atoms with Gasteiger partial charge in [0.15, 0.2) is 0 Å². The maximum absolute atomic E-state index is 4.17. The van der Waals surface area contributed by atoms with Crippen LogP contribution in [0.25, 0.3) is 0 Å². The molecule has 0 amide bonds. The Morgan fingerprint density at radius 1 is 0.765 bits per heavy atom. The summed E-state index contributed by atoms with van der Waals surface area (Å²) in [6, 6.07) is 0. The lowest BCUT2D eigenvalue weighted by molar-refractivity contribution is 0.0670. The Kier molecular flexibility index (Phi) is 3.23. The number of hydrogen-bond acceptors (Lipinski definition) is 1. The number of rotatable bonds is 1. The average Bonchev–Trinajstić information content (AvgIpc) is 2.47. The Labute approximate surface area is 107 Å². The first kappa shape index (κ1) is 12.0. The van der Waals surface area contributed by atoms with Crippen molar-refractivity contribution in [3.63, 3.8) is 0 Å². The lowest BCUT2D eigenvalue weighted by atomic mass is 9.67. The van der Waals surface area contributed by atoms with Crippen LogP contribution in [0.15, 0.2) is 0 Å². The summed E-state index contributed by atoms with van der Waals surface area (Å²) in [5, 5.41) is 4.17. The van der Waals surface area contributed by atoms with Gasteiger partial charge in [-0.3, -0.25) is 0 Å². The summed E-state index contributed by atoms with van der Waals surface area (Å²) >= 11 is 0. The summed E-state index contributed by atoms with van der Waals surface area (Å²) in [5.74, 6) is 0.994. The summed E-state index contributed by atoms with van der Waals surface area (Å²) < 4.78 is 0. The third kappa shape index (κ3) is 2.28. The van der Waals surface area contributed by atoms with E-state index in [0.29, 0.717) is 11.1 Å². The summed E-state index contributed by atoms with van der Waals surface area (Å²) in [6.07, 6.45) is 17.6. The van der Waals surface area contributed by atoms with E-state index in [9.17, 15) is 0 Å². The molecule has 1 saturated carbocycles. The molecular formula is C16H29N. The van der Waals surface area contributed by atoms with E-state index in [2.05, 4.69) is 12.2 Å². The van der Waals surface area contributed by atoms with Crippen LogP contribution < -0.4 is 5.32 Å². The van der Waals surface area contributed by atoms with Gasteiger partial charge >= 0.3 is 0 Å². The van der Waals surface area contributed by atoms with Crippen LogP contribution in [0.3, 0.4) is 0 Å². The van der Waals surface area contributed by atoms with Crippen molar-refractivity contribution >= 4 is 0 Å². The minimum atomic E-state index is 0.478. The molecular weight excluding hydrogens is 206 g/mol. The van der Waals surface area contributed by atoms with Crippen LogP contribution in [0.2, 0.25) is 0 Å². The zero-order valence-electron chi connectivity index (χ0n) is 11.6. The summed E-state index contributed by atoms with van der Waals surface area (Å²) in [7, 11) is 0. The first-order valence-corrected chi connectivity index (χ1v) is 8.02. The fraction of sp³-hybridized carbons (Fsp3) is 1.00. The maximum Gasteiger partial charge on any atom is 0.0214 e. The van der Waals surface area contributed by atoms with E-state index in [1.165, 1.54) is 77.0 Å². The second kappa shape index (κ2) is 4.57. The Bertz CT molecular complexity index is 269. The molecule has 17 heavy (non-hydrogen) atoms. The molecule has 1 aliphatic carbocycles. The van der Waals surface area contributed by atoms with Crippen molar-refractivity contribution in [3.8, 4) is 0 Å². The largest absolute Gasteiger partial charge is 0.306 e. The third-order valence-electron chi connectivity index (χ3n) is 5.89. The number of hydrogen-bond donors (Lipinski definition) is 1. The van der Waals surface area contributed by atoms with Gasteiger partial charge in [-0.05, 0) is 57.8 Å². The molecule has 2 saturated heterocycles. The van der Waals surface area contributed by atoms with Crippen molar-refractivity contribution in [2.75, 3.05) is 0 Å². The summed E-state index contributed by atoms with van der Waals surface area (Å²) in [5.41, 5.74) is 1.02. The highest BCUT2D eigenvalue weighted by Crippen LogP contribution is 2.46. The van der Waals surface area contributed by atoms with Crippen LogP contribution in [-0.4, -0.2) is 11.1 Å². The topological polar surface area (TPSA) is 12.0 Å². The highest BCUT2D eigenvalue weighted by molar-refractivity contribution is 5.06. The molecule has 3 fully saturated rings. The fourth-order valence-corrected chi connectivity index (χ4v) is 5.02. The Morgan fingerprint density at radius 3 is 2.24 bits per heavy atom. The van der Waals surface area contributed by atoms with Crippen molar-refractivity contribution in [3.05, 3.63) is 0 Å². The van der Waals surface area contributed by atoms with Gasteiger partial charge in [-0.1, -0.05) is 32.1 Å². The predicted octanol–water partition coefficient (Wildman–Crippen LogP) is 4.41. The number of nitrogens with one attached hydrogen (secondary N) is 1. The molecule has 3 aliphatic rings. The molecule has 2 bridgehead atoms. The molecule has 0 aromatic rings. The highest BCUT2D eigenvalue weighted by atomic mass is 15.1. The molecule has 98 valence electrons. The minimum Gasteiger partial charge on any atom is -0.306 e. The standard InChI is InChI=1S/C16H29N/c1-15-10-5-6-12-16(17-15,13-7-11-15)14-8-3-2-4-9-14/h14,17H,2-13H2,1H3. The summed E-state index contributed by atoms with van der Waals surface area (Å²) in [4.78, 5) is 0. The van der Waals surface area contributed by atoms with E-state index in [1.807, 2.05) is 0 Å². The van der Waals surface area contributed by atoms with Crippen molar-refractivity contribution in [1.29, 1.82) is 0 Å². The van der Waals surface area contributed by atoms with E-state index in [0.717, 1.165) is 5.92 Å². The Hall–Kier alpha value is -0.0400. The van der Waals surface area contributed by atoms with Gasteiger partial charge in [-0.25, -0.2) is 0 Å². The molecule has 2 unspecified atom stereocenters. The lowest BCUT2D eigenvalue weighted by Gasteiger charge is -2.51. The minimum absolute atomic E-state index is 0.478. The van der Waals surface area contributed by atoms with Crippen LogP contribution in [0.4, 0.5) is 0 Å². The first-order chi connectivity index (χ1) is 8.23. The van der Waals surface area contributed by atoms with Crippen LogP contribution >= 0.6 is 0 Å². The van der Waals surface area contributed by atoms with Gasteiger partial charge in [0.05, 0.1) is 0 Å². The van der Waals surface area contributed by atoms with Crippen molar-refractivity contribution in [2.24, 2.45) is 5.92 Å². The molecule has 1 nitrogen and oxygen atoms in total. The Morgan fingerprint density at radius 2 is 1.41 bits per heavy atom. The van der Waals surface area contributed by atoms with E-state index >= 15 is 0 Å². The molecule has 0 aromatic heterocycles. The first-order valence-electron chi connectivity index (χ1n) is 8.02. The van der Waals surface area contributed by atoms with E-state index < -0.39 is 0 Å². The quantitative estimate of drug-likeness (QED) is 0.710. The zero-order valence-corrected chi connectivity index (χ0v) is 11.6. The van der Waals surface area contributed by atoms with Gasteiger partial charge in [0.25, 0.3) is 0 Å². The second-order valence-electron chi connectivity index (χ2n) is 7.24. The Balaban J connectivity index is 1.82. The van der Waals surface area contributed by atoms with Crippen LogP contribution in [-0.2, 0) is 0 Å².